The van der Waals surface area contributed by atoms with Gasteiger partial charge >= 0.3 is 6.18 Å². The summed E-state index contributed by atoms with van der Waals surface area (Å²) in [4.78, 5) is 3.89. The molecule has 1 aromatic heterocycles. The highest BCUT2D eigenvalue weighted by molar-refractivity contribution is 5.98. The Hall–Kier alpha value is -1.98. The van der Waals surface area contributed by atoms with Gasteiger partial charge in [0.25, 0.3) is 0 Å². The highest BCUT2D eigenvalue weighted by Crippen LogP contribution is 2.38. The van der Waals surface area contributed by atoms with Crippen molar-refractivity contribution in [2.45, 2.75) is 13.1 Å². The highest BCUT2D eigenvalue weighted by Gasteiger charge is 2.34. The molecular formula is C11H10F3N3. The van der Waals surface area contributed by atoms with Gasteiger partial charge in [-0.3, -0.25) is 4.98 Å². The van der Waals surface area contributed by atoms with Crippen LogP contribution in [0, 0.1) is 6.92 Å². The first-order valence-corrected chi connectivity index (χ1v) is 4.83. The zero-order valence-electron chi connectivity index (χ0n) is 8.97. The molecule has 2 rings (SSSR count). The number of hydrogen-bond donors (Lipinski definition) is 2. The van der Waals surface area contributed by atoms with Crippen molar-refractivity contribution in [3.8, 4) is 0 Å². The molecule has 0 saturated heterocycles. The molecule has 0 aliphatic carbocycles. The lowest BCUT2D eigenvalue weighted by molar-refractivity contribution is -0.136. The summed E-state index contributed by atoms with van der Waals surface area (Å²) >= 11 is 0. The van der Waals surface area contributed by atoms with Crippen molar-refractivity contribution in [3.63, 3.8) is 0 Å². The first-order chi connectivity index (χ1) is 7.80. The summed E-state index contributed by atoms with van der Waals surface area (Å²) in [7, 11) is 0. The lowest BCUT2D eigenvalue weighted by Crippen LogP contribution is -2.09. The van der Waals surface area contributed by atoms with E-state index in [-0.39, 0.29) is 22.3 Å². The van der Waals surface area contributed by atoms with Crippen LogP contribution in [0.1, 0.15) is 11.3 Å². The number of alkyl halides is 3. The number of aromatic nitrogens is 1. The maximum Gasteiger partial charge on any atom is 0.418 e. The van der Waals surface area contributed by atoms with Crippen LogP contribution in [0.15, 0.2) is 18.2 Å². The molecule has 0 aliphatic heterocycles. The van der Waals surface area contributed by atoms with Crippen molar-refractivity contribution in [2.75, 3.05) is 11.5 Å². The van der Waals surface area contributed by atoms with E-state index in [9.17, 15) is 13.2 Å². The van der Waals surface area contributed by atoms with Gasteiger partial charge in [0.2, 0.25) is 0 Å². The molecule has 0 spiro atoms. The second kappa shape index (κ2) is 3.51. The number of nitrogens with zero attached hydrogens (tertiary/aromatic N) is 1. The third-order valence-corrected chi connectivity index (χ3v) is 2.50. The van der Waals surface area contributed by atoms with Crippen LogP contribution in [0.5, 0.6) is 0 Å². The first kappa shape index (κ1) is 11.5. The summed E-state index contributed by atoms with van der Waals surface area (Å²) in [5, 5.41) is 0.225. The average molecular weight is 241 g/mol. The molecular weight excluding hydrogens is 231 g/mol. The number of nitrogen functional groups attached to an aromatic ring is 2. The minimum atomic E-state index is -4.50. The Bertz CT molecular complexity index is 591. The summed E-state index contributed by atoms with van der Waals surface area (Å²) in [6.45, 7) is 1.62. The van der Waals surface area contributed by atoms with Gasteiger partial charge in [0, 0.05) is 11.1 Å². The molecule has 2 aromatic rings. The lowest BCUT2D eigenvalue weighted by atomic mass is 10.1. The Labute approximate surface area is 95.2 Å². The van der Waals surface area contributed by atoms with E-state index in [1.165, 1.54) is 6.07 Å². The number of benzene rings is 1. The molecule has 17 heavy (non-hydrogen) atoms. The van der Waals surface area contributed by atoms with Gasteiger partial charge in [-0.25, -0.2) is 0 Å². The maximum atomic E-state index is 12.8. The quantitative estimate of drug-likeness (QED) is 0.697. The van der Waals surface area contributed by atoms with Crippen LogP contribution >= 0.6 is 0 Å². The topological polar surface area (TPSA) is 64.9 Å². The summed E-state index contributed by atoms with van der Waals surface area (Å²) in [6.07, 6.45) is -4.50. The predicted molar refractivity (Wildman–Crippen MR) is 60.3 cm³/mol. The summed E-state index contributed by atoms with van der Waals surface area (Å²) in [5.74, 6) is 0. The molecule has 1 aromatic carbocycles. The zero-order valence-corrected chi connectivity index (χ0v) is 8.97. The number of anilines is 2. The fraction of sp³-hybridized carbons (Fsp3) is 0.182. The van der Waals surface area contributed by atoms with Gasteiger partial charge in [-0.05, 0) is 25.1 Å². The van der Waals surface area contributed by atoms with Gasteiger partial charge in [0.15, 0.2) is 0 Å². The molecule has 3 nitrogen and oxygen atoms in total. The van der Waals surface area contributed by atoms with E-state index in [1.807, 2.05) is 0 Å². The van der Waals surface area contributed by atoms with Gasteiger partial charge in [0.05, 0.1) is 22.5 Å². The number of aryl methyl sites for hydroxylation is 1. The molecule has 0 saturated carbocycles. The van der Waals surface area contributed by atoms with Crippen molar-refractivity contribution < 1.29 is 13.2 Å². The summed E-state index contributed by atoms with van der Waals surface area (Å²) in [5.41, 5.74) is 10.6. The third-order valence-electron chi connectivity index (χ3n) is 2.50. The van der Waals surface area contributed by atoms with E-state index < -0.39 is 11.7 Å². The molecule has 90 valence electrons. The third kappa shape index (κ3) is 1.86. The van der Waals surface area contributed by atoms with E-state index >= 15 is 0 Å². The Morgan fingerprint density at radius 1 is 1.18 bits per heavy atom. The second-order valence-corrected chi connectivity index (χ2v) is 3.77. The van der Waals surface area contributed by atoms with E-state index in [4.69, 9.17) is 11.5 Å². The fourth-order valence-electron chi connectivity index (χ4n) is 1.65. The van der Waals surface area contributed by atoms with Gasteiger partial charge in [-0.15, -0.1) is 0 Å². The van der Waals surface area contributed by atoms with E-state index in [0.29, 0.717) is 5.69 Å². The fourth-order valence-corrected chi connectivity index (χ4v) is 1.65. The second-order valence-electron chi connectivity index (χ2n) is 3.77. The van der Waals surface area contributed by atoms with Crippen molar-refractivity contribution in [2.24, 2.45) is 0 Å². The van der Waals surface area contributed by atoms with Crippen LogP contribution in [0.4, 0.5) is 24.5 Å². The van der Waals surface area contributed by atoms with Crippen molar-refractivity contribution in [1.29, 1.82) is 0 Å². The van der Waals surface area contributed by atoms with Gasteiger partial charge in [-0.2, -0.15) is 13.2 Å². The predicted octanol–water partition coefficient (Wildman–Crippen LogP) is 2.73. The molecule has 0 fully saturated rings. The summed E-state index contributed by atoms with van der Waals surface area (Å²) < 4.78 is 38.5. The Morgan fingerprint density at radius 2 is 1.82 bits per heavy atom. The van der Waals surface area contributed by atoms with Gasteiger partial charge in [-0.1, -0.05) is 0 Å². The van der Waals surface area contributed by atoms with Crippen molar-refractivity contribution in [1.82, 2.24) is 4.98 Å². The van der Waals surface area contributed by atoms with Gasteiger partial charge < -0.3 is 11.5 Å². The van der Waals surface area contributed by atoms with Crippen molar-refractivity contribution in [3.05, 3.63) is 29.5 Å². The number of hydrogen-bond acceptors (Lipinski definition) is 3. The van der Waals surface area contributed by atoms with E-state index in [1.54, 1.807) is 13.0 Å². The monoisotopic (exact) mass is 241 g/mol. The van der Waals surface area contributed by atoms with E-state index in [2.05, 4.69) is 4.98 Å². The molecule has 0 aliphatic rings. The van der Waals surface area contributed by atoms with Crippen LogP contribution < -0.4 is 11.5 Å². The Morgan fingerprint density at radius 3 is 2.41 bits per heavy atom. The SMILES string of the molecule is Cc1ccc2c(N)c(N)cc(C(F)(F)F)c2n1. The molecule has 0 bridgehead atoms. The normalized spacial score (nSPS) is 12.0. The highest BCUT2D eigenvalue weighted by atomic mass is 19.4. The molecule has 0 amide bonds. The maximum absolute atomic E-state index is 12.8. The molecule has 4 N–H and O–H groups in total. The number of nitrogens with two attached hydrogens (primary N) is 2. The standard InChI is InChI=1S/C11H10F3N3/c1-5-2-3-6-9(16)8(15)4-7(10(6)17-5)11(12,13)14/h2-4H,15-16H2,1H3. The number of rotatable bonds is 0. The Balaban J connectivity index is 2.93. The van der Waals surface area contributed by atoms with Crippen molar-refractivity contribution >= 4 is 22.3 Å². The lowest BCUT2D eigenvalue weighted by Gasteiger charge is -2.13. The number of fused-ring (bicyclic) bond motifs is 1. The molecule has 1 heterocycles. The largest absolute Gasteiger partial charge is 0.418 e. The van der Waals surface area contributed by atoms with Gasteiger partial charge in [0.1, 0.15) is 0 Å². The zero-order chi connectivity index (χ0) is 12.8. The average Bonchev–Trinajstić information content (AvgIpc) is 2.21. The van der Waals surface area contributed by atoms with Crippen LogP contribution in [0.3, 0.4) is 0 Å². The number of pyridine rings is 1. The Kier molecular flexibility index (Phi) is 2.38. The van der Waals surface area contributed by atoms with Crippen LogP contribution in [-0.2, 0) is 6.18 Å². The van der Waals surface area contributed by atoms with Crippen LogP contribution in [0.2, 0.25) is 0 Å². The van der Waals surface area contributed by atoms with Crippen LogP contribution in [0.25, 0.3) is 10.9 Å². The molecule has 0 atom stereocenters. The first-order valence-electron chi connectivity index (χ1n) is 4.83. The summed E-state index contributed by atoms with van der Waals surface area (Å²) in [6, 6.07) is 3.92. The van der Waals surface area contributed by atoms with E-state index in [0.717, 1.165) is 6.07 Å². The molecule has 0 unspecified atom stereocenters. The minimum absolute atomic E-state index is 0.0875. The minimum Gasteiger partial charge on any atom is -0.397 e. The molecule has 0 radical (unpaired) electrons. The van der Waals surface area contributed by atoms with Crippen LogP contribution in [-0.4, -0.2) is 4.98 Å². The smallest absolute Gasteiger partial charge is 0.397 e. The number of halogens is 3. The molecule has 6 heteroatoms.